The molecular weight excluding hydrogens is 224 g/mol. The van der Waals surface area contributed by atoms with Gasteiger partial charge in [-0.05, 0) is 32.2 Å². The second-order valence-electron chi connectivity index (χ2n) is 6.27. The van der Waals surface area contributed by atoms with E-state index in [1.54, 1.807) is 0 Å². The highest BCUT2D eigenvalue weighted by Crippen LogP contribution is 2.31. The van der Waals surface area contributed by atoms with Crippen LogP contribution in [0.2, 0.25) is 0 Å². The maximum Gasteiger partial charge on any atom is 0.224 e. The third kappa shape index (κ3) is 4.60. The van der Waals surface area contributed by atoms with E-state index in [2.05, 4.69) is 19.2 Å². The van der Waals surface area contributed by atoms with Crippen LogP contribution in [0.4, 0.5) is 0 Å². The van der Waals surface area contributed by atoms with Crippen molar-refractivity contribution in [2.24, 2.45) is 5.92 Å². The average Bonchev–Trinajstić information content (AvgIpc) is 2.36. The first-order valence-corrected chi connectivity index (χ1v) is 7.42. The molecule has 0 aromatic carbocycles. The lowest BCUT2D eigenvalue weighted by atomic mass is 9.79. The lowest BCUT2D eigenvalue weighted by molar-refractivity contribution is -0.132. The van der Waals surface area contributed by atoms with Crippen LogP contribution in [0.1, 0.15) is 58.8 Å². The fourth-order valence-corrected chi connectivity index (χ4v) is 2.74. The highest BCUT2D eigenvalue weighted by molar-refractivity contribution is 5.77. The molecule has 1 aliphatic rings. The van der Waals surface area contributed by atoms with Gasteiger partial charge in [0, 0.05) is 25.6 Å². The molecule has 0 unspecified atom stereocenters. The topological polar surface area (TPSA) is 32.3 Å². The zero-order valence-electron chi connectivity index (χ0n) is 12.6. The summed E-state index contributed by atoms with van der Waals surface area (Å²) in [5.41, 5.74) is 0.0709. The summed E-state index contributed by atoms with van der Waals surface area (Å²) in [6.45, 7) is 5.29. The monoisotopic (exact) mass is 254 g/mol. The van der Waals surface area contributed by atoms with Crippen molar-refractivity contribution >= 4 is 5.91 Å². The molecule has 0 atom stereocenters. The zero-order valence-corrected chi connectivity index (χ0v) is 12.6. The molecule has 1 fully saturated rings. The van der Waals surface area contributed by atoms with Crippen LogP contribution in [0.25, 0.3) is 0 Å². The van der Waals surface area contributed by atoms with Gasteiger partial charge in [0.25, 0.3) is 0 Å². The molecule has 3 heteroatoms. The number of nitrogens with one attached hydrogen (secondary N) is 1. The van der Waals surface area contributed by atoms with E-state index in [4.69, 9.17) is 0 Å². The van der Waals surface area contributed by atoms with Gasteiger partial charge in [-0.25, -0.2) is 0 Å². The number of carbonyl (C=O) groups is 1. The Labute approximate surface area is 112 Å². The molecule has 0 aromatic heterocycles. The van der Waals surface area contributed by atoms with Gasteiger partial charge in [-0.15, -0.1) is 0 Å². The van der Waals surface area contributed by atoms with Crippen molar-refractivity contribution in [2.75, 3.05) is 20.6 Å². The Balaban J connectivity index is 2.45. The molecule has 0 spiro atoms. The number of amides is 1. The summed E-state index contributed by atoms with van der Waals surface area (Å²) in [7, 11) is 3.95. The van der Waals surface area contributed by atoms with Gasteiger partial charge in [-0.1, -0.05) is 33.1 Å². The third-order valence-corrected chi connectivity index (χ3v) is 4.30. The van der Waals surface area contributed by atoms with Crippen LogP contribution in [0.5, 0.6) is 0 Å². The van der Waals surface area contributed by atoms with Crippen molar-refractivity contribution in [2.45, 2.75) is 64.3 Å². The van der Waals surface area contributed by atoms with E-state index in [1.165, 1.54) is 19.3 Å². The van der Waals surface area contributed by atoms with Crippen LogP contribution in [0, 0.1) is 5.92 Å². The van der Waals surface area contributed by atoms with Crippen molar-refractivity contribution in [1.82, 2.24) is 10.2 Å². The van der Waals surface area contributed by atoms with Crippen LogP contribution >= 0.6 is 0 Å². The first-order valence-electron chi connectivity index (χ1n) is 7.42. The van der Waals surface area contributed by atoms with E-state index in [1.807, 2.05) is 19.0 Å². The molecule has 0 aliphatic heterocycles. The van der Waals surface area contributed by atoms with Gasteiger partial charge in [-0.2, -0.15) is 0 Å². The largest absolute Gasteiger partial charge is 0.346 e. The molecule has 0 aromatic rings. The molecule has 1 aliphatic carbocycles. The summed E-state index contributed by atoms with van der Waals surface area (Å²) in [6, 6.07) is 0. The first-order chi connectivity index (χ1) is 8.49. The fraction of sp³-hybridized carbons (Fsp3) is 0.933. The van der Waals surface area contributed by atoms with Gasteiger partial charge < -0.3 is 10.2 Å². The average molecular weight is 254 g/mol. The molecule has 1 rings (SSSR count). The predicted molar refractivity (Wildman–Crippen MR) is 76.6 cm³/mol. The van der Waals surface area contributed by atoms with Crippen LogP contribution in [-0.2, 0) is 4.79 Å². The summed E-state index contributed by atoms with van der Waals surface area (Å²) in [4.78, 5) is 14.2. The molecule has 0 heterocycles. The van der Waals surface area contributed by atoms with Crippen LogP contribution in [-0.4, -0.2) is 37.0 Å². The van der Waals surface area contributed by atoms with Crippen molar-refractivity contribution < 1.29 is 4.79 Å². The summed E-state index contributed by atoms with van der Waals surface area (Å²) < 4.78 is 0. The fourth-order valence-electron chi connectivity index (χ4n) is 2.74. The molecule has 1 N–H and O–H groups in total. The van der Waals surface area contributed by atoms with E-state index in [0.717, 1.165) is 25.8 Å². The molecule has 1 amide bonds. The van der Waals surface area contributed by atoms with E-state index in [0.29, 0.717) is 18.2 Å². The van der Waals surface area contributed by atoms with Crippen molar-refractivity contribution in [3.63, 3.8) is 0 Å². The van der Waals surface area contributed by atoms with Gasteiger partial charge >= 0.3 is 0 Å². The SMILES string of the molecule is CNC1(CC(=O)N(C)CCC(C)C)CCCCC1. The van der Waals surface area contributed by atoms with Crippen molar-refractivity contribution in [3.05, 3.63) is 0 Å². The molecule has 18 heavy (non-hydrogen) atoms. The molecule has 0 bridgehead atoms. The van der Waals surface area contributed by atoms with Gasteiger partial charge in [0.2, 0.25) is 5.91 Å². The molecule has 106 valence electrons. The van der Waals surface area contributed by atoms with Crippen molar-refractivity contribution in [3.8, 4) is 0 Å². The van der Waals surface area contributed by atoms with Gasteiger partial charge in [0.1, 0.15) is 0 Å². The van der Waals surface area contributed by atoms with Crippen LogP contribution in [0.3, 0.4) is 0 Å². The highest BCUT2D eigenvalue weighted by Gasteiger charge is 2.33. The minimum Gasteiger partial charge on any atom is -0.346 e. The van der Waals surface area contributed by atoms with Crippen LogP contribution in [0.15, 0.2) is 0 Å². The highest BCUT2D eigenvalue weighted by atomic mass is 16.2. The normalized spacial score (nSPS) is 18.9. The maximum atomic E-state index is 12.3. The Morgan fingerprint density at radius 1 is 1.28 bits per heavy atom. The lowest BCUT2D eigenvalue weighted by Gasteiger charge is -2.37. The number of rotatable bonds is 6. The molecule has 0 saturated heterocycles. The van der Waals surface area contributed by atoms with Gasteiger partial charge in [0.05, 0.1) is 0 Å². The Kier molecular flexibility index (Phi) is 6.13. The number of nitrogens with zero attached hydrogens (tertiary/aromatic N) is 1. The van der Waals surface area contributed by atoms with Crippen molar-refractivity contribution in [1.29, 1.82) is 0 Å². The maximum absolute atomic E-state index is 12.3. The summed E-state index contributed by atoms with van der Waals surface area (Å²) in [5, 5.41) is 3.42. The molecule has 1 saturated carbocycles. The number of hydrogen-bond donors (Lipinski definition) is 1. The van der Waals surface area contributed by atoms with Gasteiger partial charge in [-0.3, -0.25) is 4.79 Å². The number of hydrogen-bond acceptors (Lipinski definition) is 2. The quantitative estimate of drug-likeness (QED) is 0.790. The molecule has 0 radical (unpaired) electrons. The lowest BCUT2D eigenvalue weighted by Crippen LogP contribution is -2.48. The summed E-state index contributed by atoms with van der Waals surface area (Å²) >= 11 is 0. The third-order valence-electron chi connectivity index (χ3n) is 4.30. The van der Waals surface area contributed by atoms with Gasteiger partial charge in [0.15, 0.2) is 0 Å². The Bertz CT molecular complexity index is 257. The first kappa shape index (κ1) is 15.5. The van der Waals surface area contributed by atoms with Crippen LogP contribution < -0.4 is 5.32 Å². The molecule has 3 nitrogen and oxygen atoms in total. The number of carbonyl (C=O) groups excluding carboxylic acids is 1. The Morgan fingerprint density at radius 2 is 1.89 bits per heavy atom. The smallest absolute Gasteiger partial charge is 0.224 e. The zero-order chi connectivity index (χ0) is 13.6. The van der Waals surface area contributed by atoms with E-state index < -0.39 is 0 Å². The second kappa shape index (κ2) is 7.13. The molecular formula is C15H30N2O. The minimum absolute atomic E-state index is 0.0709. The Morgan fingerprint density at radius 3 is 2.39 bits per heavy atom. The Hall–Kier alpha value is -0.570. The predicted octanol–water partition coefficient (Wildman–Crippen LogP) is 2.80. The van der Waals surface area contributed by atoms with E-state index >= 15 is 0 Å². The summed E-state index contributed by atoms with van der Waals surface area (Å²) in [6.07, 6.45) is 7.88. The van der Waals surface area contributed by atoms with E-state index in [-0.39, 0.29) is 5.54 Å². The second-order valence-corrected chi connectivity index (χ2v) is 6.27. The summed E-state index contributed by atoms with van der Waals surface area (Å²) in [5.74, 6) is 0.958. The van der Waals surface area contributed by atoms with E-state index in [9.17, 15) is 4.79 Å². The standard InChI is InChI=1S/C15H30N2O/c1-13(2)8-11-17(4)14(18)12-15(16-3)9-6-5-7-10-15/h13,16H,5-12H2,1-4H3. The minimum atomic E-state index is 0.0709.